The number of aromatic nitrogens is 1. The molecule has 0 saturated carbocycles. The largest absolute Gasteiger partial charge is 0.294 e. The molecule has 2 heteroatoms. The molecule has 1 heterocycles. The lowest BCUT2D eigenvalue weighted by Gasteiger charge is -2.05. The zero-order chi connectivity index (χ0) is 10.6. The van der Waals surface area contributed by atoms with Crippen LogP contribution in [0.4, 0.5) is 0 Å². The van der Waals surface area contributed by atoms with Gasteiger partial charge in [0.15, 0.2) is 5.78 Å². The minimum atomic E-state index is 0.136. The van der Waals surface area contributed by atoms with Crippen LogP contribution in [0.2, 0.25) is 0 Å². The molecule has 0 atom stereocenters. The molecule has 0 fully saturated rings. The molecule has 0 aliphatic rings. The molecule has 74 valence electrons. The van der Waals surface area contributed by atoms with Crippen molar-refractivity contribution in [3.05, 3.63) is 41.7 Å². The lowest BCUT2D eigenvalue weighted by molar-refractivity contribution is 0.0992. The molecule has 0 aliphatic heterocycles. The van der Waals surface area contributed by atoms with Crippen molar-refractivity contribution in [2.75, 3.05) is 0 Å². The van der Waals surface area contributed by atoms with Crippen molar-refractivity contribution in [3.8, 4) is 0 Å². The van der Waals surface area contributed by atoms with Gasteiger partial charge in [0.05, 0.1) is 0 Å². The second-order valence-electron chi connectivity index (χ2n) is 3.44. The van der Waals surface area contributed by atoms with E-state index in [1.54, 1.807) is 18.5 Å². The first-order chi connectivity index (χ1) is 6.65. The lowest BCUT2D eigenvalue weighted by atomic mass is 10.0. The Balaban J connectivity index is 2.94. The summed E-state index contributed by atoms with van der Waals surface area (Å²) >= 11 is 0. The number of allylic oxidation sites excluding steroid dienone is 1. The quantitative estimate of drug-likeness (QED) is 0.538. The highest BCUT2D eigenvalue weighted by atomic mass is 16.1. The lowest BCUT2D eigenvalue weighted by Crippen LogP contribution is -2.04. The van der Waals surface area contributed by atoms with Crippen LogP contribution in [-0.4, -0.2) is 10.8 Å². The van der Waals surface area contributed by atoms with E-state index in [0.29, 0.717) is 6.42 Å². The van der Waals surface area contributed by atoms with Gasteiger partial charge >= 0.3 is 0 Å². The summed E-state index contributed by atoms with van der Waals surface area (Å²) < 4.78 is 0. The van der Waals surface area contributed by atoms with Crippen LogP contribution >= 0.6 is 0 Å². The van der Waals surface area contributed by atoms with Gasteiger partial charge in [0, 0.05) is 24.4 Å². The van der Waals surface area contributed by atoms with Crippen molar-refractivity contribution >= 4 is 5.78 Å². The molecule has 0 bridgehead atoms. The van der Waals surface area contributed by atoms with Crippen molar-refractivity contribution in [2.24, 2.45) is 0 Å². The Morgan fingerprint density at radius 1 is 1.57 bits per heavy atom. The molecule has 0 amide bonds. The Morgan fingerprint density at radius 3 is 2.86 bits per heavy atom. The Bertz CT molecular complexity index is 355. The van der Waals surface area contributed by atoms with Crippen LogP contribution in [0.3, 0.4) is 0 Å². The molecule has 1 rings (SSSR count). The fraction of sp³-hybridized carbons (Fsp3) is 0.333. The van der Waals surface area contributed by atoms with Crippen LogP contribution in [0.25, 0.3) is 0 Å². The van der Waals surface area contributed by atoms with E-state index in [9.17, 15) is 4.79 Å². The minimum Gasteiger partial charge on any atom is -0.294 e. The summed E-state index contributed by atoms with van der Waals surface area (Å²) in [7, 11) is 0. The highest BCUT2D eigenvalue weighted by molar-refractivity contribution is 5.98. The Labute approximate surface area is 84.7 Å². The number of carbonyl (C=O) groups excluding carboxylic acids is 1. The van der Waals surface area contributed by atoms with E-state index in [4.69, 9.17) is 0 Å². The Morgan fingerprint density at radius 2 is 2.29 bits per heavy atom. The monoisotopic (exact) mass is 189 g/mol. The third-order valence-electron chi connectivity index (χ3n) is 2.05. The van der Waals surface area contributed by atoms with Crippen LogP contribution in [0.1, 0.15) is 36.2 Å². The van der Waals surface area contributed by atoms with E-state index < -0.39 is 0 Å². The molecule has 1 aromatic rings. The first-order valence-corrected chi connectivity index (χ1v) is 4.75. The average molecular weight is 189 g/mol. The third kappa shape index (κ3) is 2.52. The zero-order valence-electron chi connectivity index (χ0n) is 8.71. The number of hydrogen-bond donors (Lipinski definition) is 0. The molecule has 0 spiro atoms. The van der Waals surface area contributed by atoms with Gasteiger partial charge in [0.25, 0.3) is 0 Å². The molecule has 1 aromatic heterocycles. The summed E-state index contributed by atoms with van der Waals surface area (Å²) in [4.78, 5) is 15.7. The number of pyridine rings is 1. The summed E-state index contributed by atoms with van der Waals surface area (Å²) in [5.74, 6) is 0.136. The highest BCUT2D eigenvalue weighted by Gasteiger charge is 2.09. The highest BCUT2D eigenvalue weighted by Crippen LogP contribution is 2.12. The van der Waals surface area contributed by atoms with Crippen molar-refractivity contribution < 1.29 is 4.79 Å². The number of nitrogens with zero attached hydrogens (tertiary/aromatic N) is 1. The van der Waals surface area contributed by atoms with Crippen molar-refractivity contribution in [2.45, 2.75) is 26.7 Å². The second kappa shape index (κ2) is 4.70. The van der Waals surface area contributed by atoms with Crippen LogP contribution in [0.5, 0.6) is 0 Å². The average Bonchev–Trinajstić information content (AvgIpc) is 2.16. The van der Waals surface area contributed by atoms with E-state index >= 15 is 0 Å². The van der Waals surface area contributed by atoms with Crippen molar-refractivity contribution in [1.29, 1.82) is 0 Å². The normalized spacial score (nSPS) is 9.86. The summed E-state index contributed by atoms with van der Waals surface area (Å²) in [5, 5.41) is 0. The smallest absolute Gasteiger partial charge is 0.167 e. The summed E-state index contributed by atoms with van der Waals surface area (Å²) in [6.45, 7) is 7.63. The molecule has 0 N–H and O–H groups in total. The summed E-state index contributed by atoms with van der Waals surface area (Å²) in [6.07, 6.45) is 4.68. The predicted molar refractivity (Wildman–Crippen MR) is 57.4 cm³/mol. The van der Waals surface area contributed by atoms with E-state index in [0.717, 1.165) is 23.1 Å². The fourth-order valence-corrected chi connectivity index (χ4v) is 1.35. The molecule has 0 saturated heterocycles. The van der Waals surface area contributed by atoms with Crippen molar-refractivity contribution in [3.63, 3.8) is 0 Å². The number of Topliss-reactive ketones (excluding diaryl/α,β-unsaturated/α-hetero) is 1. The standard InChI is InChI=1S/C12H15NO/c1-4-10-8-13-6-5-11(10)12(14)7-9(2)3/h5-6,8H,2,4,7H2,1,3H3. The van der Waals surface area contributed by atoms with Crippen LogP contribution in [0, 0.1) is 0 Å². The Kier molecular flexibility index (Phi) is 3.57. The predicted octanol–water partition coefficient (Wildman–Crippen LogP) is 2.79. The van der Waals surface area contributed by atoms with Crippen LogP contribution in [0.15, 0.2) is 30.6 Å². The van der Waals surface area contributed by atoms with Gasteiger partial charge in [-0.2, -0.15) is 0 Å². The van der Waals surface area contributed by atoms with E-state index in [-0.39, 0.29) is 5.78 Å². The SMILES string of the molecule is C=C(C)CC(=O)c1ccncc1CC. The molecule has 0 unspecified atom stereocenters. The molecule has 14 heavy (non-hydrogen) atoms. The number of hydrogen-bond acceptors (Lipinski definition) is 2. The zero-order valence-corrected chi connectivity index (χ0v) is 8.71. The maximum Gasteiger partial charge on any atom is 0.167 e. The van der Waals surface area contributed by atoms with E-state index in [1.807, 2.05) is 13.8 Å². The number of carbonyl (C=O) groups is 1. The molecule has 2 nitrogen and oxygen atoms in total. The first-order valence-electron chi connectivity index (χ1n) is 4.75. The molecule has 0 radical (unpaired) electrons. The first kappa shape index (κ1) is 10.6. The summed E-state index contributed by atoms with van der Waals surface area (Å²) in [5.41, 5.74) is 2.69. The van der Waals surface area contributed by atoms with Gasteiger partial charge in [-0.1, -0.05) is 19.1 Å². The van der Waals surface area contributed by atoms with Gasteiger partial charge in [-0.3, -0.25) is 9.78 Å². The number of ketones is 1. The minimum absolute atomic E-state index is 0.136. The second-order valence-corrected chi connectivity index (χ2v) is 3.44. The maximum absolute atomic E-state index is 11.7. The van der Waals surface area contributed by atoms with Crippen molar-refractivity contribution in [1.82, 2.24) is 4.98 Å². The Hall–Kier alpha value is -1.44. The van der Waals surface area contributed by atoms with Gasteiger partial charge in [-0.15, -0.1) is 0 Å². The number of aryl methyl sites for hydroxylation is 1. The topological polar surface area (TPSA) is 30.0 Å². The number of rotatable bonds is 4. The van der Waals surface area contributed by atoms with Gasteiger partial charge in [0.2, 0.25) is 0 Å². The molecule has 0 aliphatic carbocycles. The molecular formula is C12H15NO. The van der Waals surface area contributed by atoms with Gasteiger partial charge < -0.3 is 0 Å². The van der Waals surface area contributed by atoms with Gasteiger partial charge in [-0.05, 0) is 25.0 Å². The van der Waals surface area contributed by atoms with Crippen LogP contribution in [-0.2, 0) is 6.42 Å². The maximum atomic E-state index is 11.7. The third-order valence-corrected chi connectivity index (χ3v) is 2.05. The van der Waals surface area contributed by atoms with Crippen LogP contribution < -0.4 is 0 Å². The van der Waals surface area contributed by atoms with Gasteiger partial charge in [0.1, 0.15) is 0 Å². The van der Waals surface area contributed by atoms with Gasteiger partial charge in [-0.25, -0.2) is 0 Å². The fourth-order valence-electron chi connectivity index (χ4n) is 1.35. The van der Waals surface area contributed by atoms with E-state index in [1.165, 1.54) is 0 Å². The molecular weight excluding hydrogens is 174 g/mol. The molecule has 0 aromatic carbocycles. The summed E-state index contributed by atoms with van der Waals surface area (Å²) in [6, 6.07) is 1.78. The van der Waals surface area contributed by atoms with E-state index in [2.05, 4.69) is 11.6 Å².